The van der Waals surface area contributed by atoms with E-state index in [9.17, 15) is 18.8 Å². The number of hydrogen-bond donors (Lipinski definition) is 0. The Morgan fingerprint density at radius 2 is 1.76 bits per heavy atom. The lowest BCUT2D eigenvalue weighted by molar-refractivity contribution is -0.136. The number of fused-ring (bicyclic) bond motifs is 1. The summed E-state index contributed by atoms with van der Waals surface area (Å²) in [7, 11) is 0. The molecule has 4 rings (SSSR count). The molecule has 0 aliphatic heterocycles. The van der Waals surface area contributed by atoms with Crippen LogP contribution in [-0.2, 0) is 17.9 Å². The van der Waals surface area contributed by atoms with E-state index in [1.807, 2.05) is 18.7 Å². The van der Waals surface area contributed by atoms with Crippen LogP contribution < -0.4 is 11.2 Å². The zero-order valence-corrected chi connectivity index (χ0v) is 19.9. The summed E-state index contributed by atoms with van der Waals surface area (Å²) in [5, 5.41) is 1.79. The SMILES string of the molecule is CCN(CC)C(=O)C1CCC(Cn2c(=O)c3sccc3n(Cc3ccccc3F)c2=O)CC1. The fraction of sp³-hybridized carbons (Fsp3) is 0.480. The first-order chi connectivity index (χ1) is 15.9. The van der Waals surface area contributed by atoms with Gasteiger partial charge in [-0.2, -0.15) is 0 Å². The van der Waals surface area contributed by atoms with Gasteiger partial charge in [-0.25, -0.2) is 9.18 Å². The minimum absolute atomic E-state index is 0.0235. The maximum atomic E-state index is 14.3. The maximum absolute atomic E-state index is 14.3. The molecule has 8 heteroatoms. The van der Waals surface area contributed by atoms with Gasteiger partial charge >= 0.3 is 5.69 Å². The molecule has 0 N–H and O–H groups in total. The van der Waals surface area contributed by atoms with Gasteiger partial charge in [0.25, 0.3) is 5.56 Å². The molecule has 0 saturated heterocycles. The van der Waals surface area contributed by atoms with Crippen molar-refractivity contribution < 1.29 is 9.18 Å². The zero-order valence-electron chi connectivity index (χ0n) is 19.1. The summed E-state index contributed by atoms with van der Waals surface area (Å²) in [6.07, 6.45) is 3.16. The summed E-state index contributed by atoms with van der Waals surface area (Å²) in [4.78, 5) is 41.1. The Bertz CT molecular complexity index is 1250. The Labute approximate surface area is 196 Å². The molecule has 176 valence electrons. The van der Waals surface area contributed by atoms with Crippen LogP contribution in [0.1, 0.15) is 45.1 Å². The predicted octanol–water partition coefficient (Wildman–Crippen LogP) is 4.09. The number of carbonyl (C=O) groups excluding carboxylic acids is 1. The Kier molecular flexibility index (Phi) is 7.12. The Morgan fingerprint density at radius 1 is 1.06 bits per heavy atom. The van der Waals surface area contributed by atoms with Crippen molar-refractivity contribution in [2.45, 2.75) is 52.6 Å². The standard InChI is InChI=1S/C25H30FN3O3S/c1-3-27(4-2)23(30)18-11-9-17(10-12-18)15-29-24(31)22-21(13-14-33-22)28(25(29)32)16-19-7-5-6-8-20(19)26/h5-8,13-14,17-18H,3-4,9-12,15-16H2,1-2H3. The summed E-state index contributed by atoms with van der Waals surface area (Å²) >= 11 is 1.30. The lowest BCUT2D eigenvalue weighted by Gasteiger charge is -2.31. The van der Waals surface area contributed by atoms with Crippen LogP contribution in [-0.4, -0.2) is 33.0 Å². The molecule has 0 bridgehead atoms. The molecule has 1 aromatic carbocycles. The zero-order chi connectivity index (χ0) is 23.5. The maximum Gasteiger partial charge on any atom is 0.331 e. The molecule has 0 atom stereocenters. The van der Waals surface area contributed by atoms with Crippen LogP contribution in [0.5, 0.6) is 0 Å². The van der Waals surface area contributed by atoms with Crippen LogP contribution in [0.2, 0.25) is 0 Å². The predicted molar refractivity (Wildman–Crippen MR) is 129 cm³/mol. The van der Waals surface area contributed by atoms with E-state index in [2.05, 4.69) is 0 Å². The molecule has 33 heavy (non-hydrogen) atoms. The van der Waals surface area contributed by atoms with E-state index in [-0.39, 0.29) is 35.7 Å². The first-order valence-electron chi connectivity index (χ1n) is 11.7. The van der Waals surface area contributed by atoms with E-state index >= 15 is 0 Å². The number of aromatic nitrogens is 2. The lowest BCUT2D eigenvalue weighted by atomic mass is 9.81. The van der Waals surface area contributed by atoms with Gasteiger partial charge in [-0.15, -0.1) is 11.3 Å². The van der Waals surface area contributed by atoms with Gasteiger partial charge in [0.1, 0.15) is 10.5 Å². The number of hydrogen-bond acceptors (Lipinski definition) is 4. The highest BCUT2D eigenvalue weighted by Gasteiger charge is 2.29. The smallest absolute Gasteiger partial charge is 0.331 e. The van der Waals surface area contributed by atoms with Gasteiger partial charge < -0.3 is 4.90 Å². The average Bonchev–Trinajstić information content (AvgIpc) is 3.32. The minimum Gasteiger partial charge on any atom is -0.343 e. The van der Waals surface area contributed by atoms with Gasteiger partial charge in [0, 0.05) is 31.1 Å². The first-order valence-corrected chi connectivity index (χ1v) is 12.6. The highest BCUT2D eigenvalue weighted by atomic mass is 32.1. The molecule has 3 aromatic rings. The molecule has 2 aromatic heterocycles. The molecule has 6 nitrogen and oxygen atoms in total. The van der Waals surface area contributed by atoms with Gasteiger partial charge in [0.2, 0.25) is 5.91 Å². The van der Waals surface area contributed by atoms with Crippen LogP contribution in [0.4, 0.5) is 4.39 Å². The number of halogens is 1. The minimum atomic E-state index is -0.407. The summed E-state index contributed by atoms with van der Waals surface area (Å²) in [5.74, 6) is 0.0235. The molecular formula is C25H30FN3O3S. The number of thiophene rings is 1. The molecule has 1 amide bonds. The fourth-order valence-electron chi connectivity index (χ4n) is 4.89. The van der Waals surface area contributed by atoms with Gasteiger partial charge in [0.15, 0.2) is 0 Å². The second-order valence-corrected chi connectivity index (χ2v) is 9.66. The van der Waals surface area contributed by atoms with Crippen LogP contribution >= 0.6 is 11.3 Å². The van der Waals surface area contributed by atoms with Crippen molar-refractivity contribution in [3.63, 3.8) is 0 Å². The van der Waals surface area contributed by atoms with Crippen LogP contribution in [0.3, 0.4) is 0 Å². The van der Waals surface area contributed by atoms with Crippen molar-refractivity contribution in [2.75, 3.05) is 13.1 Å². The van der Waals surface area contributed by atoms with Crippen molar-refractivity contribution in [3.8, 4) is 0 Å². The highest BCUT2D eigenvalue weighted by Crippen LogP contribution is 2.31. The first kappa shape index (κ1) is 23.4. The van der Waals surface area contributed by atoms with E-state index in [4.69, 9.17) is 0 Å². The van der Waals surface area contributed by atoms with E-state index in [0.717, 1.165) is 25.7 Å². The molecule has 0 radical (unpaired) electrons. The summed E-state index contributed by atoms with van der Waals surface area (Å²) in [5.41, 5.74) is 0.266. The van der Waals surface area contributed by atoms with Gasteiger partial charge in [0.05, 0.1) is 12.1 Å². The molecule has 1 saturated carbocycles. The summed E-state index contributed by atoms with van der Waals surface area (Å²) in [6.45, 7) is 5.82. The molecule has 1 aliphatic carbocycles. The van der Waals surface area contributed by atoms with Crippen LogP contribution in [0.25, 0.3) is 10.2 Å². The average molecular weight is 472 g/mol. The second-order valence-electron chi connectivity index (χ2n) is 8.74. The van der Waals surface area contributed by atoms with Gasteiger partial charge in [-0.1, -0.05) is 18.2 Å². The monoisotopic (exact) mass is 471 g/mol. The number of rotatable bonds is 7. The molecule has 0 spiro atoms. The van der Waals surface area contributed by atoms with Crippen LogP contribution in [0.15, 0.2) is 45.3 Å². The van der Waals surface area contributed by atoms with E-state index in [1.165, 1.54) is 26.5 Å². The Morgan fingerprint density at radius 3 is 2.42 bits per heavy atom. The van der Waals surface area contributed by atoms with E-state index < -0.39 is 5.69 Å². The van der Waals surface area contributed by atoms with Crippen molar-refractivity contribution >= 4 is 27.5 Å². The largest absolute Gasteiger partial charge is 0.343 e. The third-order valence-electron chi connectivity index (χ3n) is 6.83. The van der Waals surface area contributed by atoms with Crippen molar-refractivity contribution in [3.05, 3.63) is 67.9 Å². The summed E-state index contributed by atoms with van der Waals surface area (Å²) < 4.78 is 17.6. The molecular weight excluding hydrogens is 441 g/mol. The Hall–Kier alpha value is -2.74. The number of amides is 1. The quantitative estimate of drug-likeness (QED) is 0.522. The van der Waals surface area contributed by atoms with E-state index in [1.54, 1.807) is 29.6 Å². The van der Waals surface area contributed by atoms with E-state index in [0.29, 0.717) is 35.4 Å². The van der Waals surface area contributed by atoms with Crippen LogP contribution in [0, 0.1) is 17.7 Å². The number of nitrogens with zero attached hydrogens (tertiary/aromatic N) is 3. The third kappa shape index (κ3) is 4.67. The second kappa shape index (κ2) is 10.0. The Balaban J connectivity index is 1.58. The molecule has 0 unspecified atom stereocenters. The topological polar surface area (TPSA) is 64.3 Å². The molecule has 1 fully saturated rings. The number of carbonyl (C=O) groups is 1. The van der Waals surface area contributed by atoms with Crippen molar-refractivity contribution in [1.29, 1.82) is 0 Å². The van der Waals surface area contributed by atoms with Gasteiger partial charge in [-0.05, 0) is 63.0 Å². The molecule has 2 heterocycles. The van der Waals surface area contributed by atoms with Crippen molar-refractivity contribution in [2.24, 2.45) is 11.8 Å². The molecule has 1 aliphatic rings. The lowest BCUT2D eigenvalue weighted by Crippen LogP contribution is -2.42. The summed E-state index contributed by atoms with van der Waals surface area (Å²) in [6, 6.07) is 8.13. The van der Waals surface area contributed by atoms with Gasteiger partial charge in [-0.3, -0.25) is 18.7 Å². The normalized spacial score (nSPS) is 18.5. The third-order valence-corrected chi connectivity index (χ3v) is 7.73. The fourth-order valence-corrected chi connectivity index (χ4v) is 5.73. The highest BCUT2D eigenvalue weighted by molar-refractivity contribution is 7.17. The van der Waals surface area contributed by atoms with Crippen molar-refractivity contribution in [1.82, 2.24) is 14.0 Å². The number of benzene rings is 1.